The van der Waals surface area contributed by atoms with Crippen LogP contribution in [0.5, 0.6) is 0 Å². The maximum atomic E-state index is 12.6. The van der Waals surface area contributed by atoms with Crippen molar-refractivity contribution < 1.29 is 4.79 Å². The van der Waals surface area contributed by atoms with Crippen LogP contribution >= 0.6 is 0 Å². The van der Waals surface area contributed by atoms with Crippen molar-refractivity contribution in [2.75, 3.05) is 0 Å². The van der Waals surface area contributed by atoms with Gasteiger partial charge in [-0.2, -0.15) is 10.2 Å². The molecule has 5 rings (SSSR count). The number of nitrogens with one attached hydrogen (secondary N) is 1. The molecule has 0 unspecified atom stereocenters. The van der Waals surface area contributed by atoms with E-state index in [0.29, 0.717) is 5.69 Å². The summed E-state index contributed by atoms with van der Waals surface area (Å²) in [5.74, 6) is -0.371. The van der Waals surface area contributed by atoms with Gasteiger partial charge in [0, 0.05) is 22.7 Å². The molecule has 6 heteroatoms. The molecule has 0 saturated heterocycles. The molecule has 1 N–H and O–H groups in total. The first-order valence-corrected chi connectivity index (χ1v) is 10.6. The molecule has 33 heavy (non-hydrogen) atoms. The van der Waals surface area contributed by atoms with E-state index >= 15 is 0 Å². The zero-order valence-electron chi connectivity index (χ0n) is 18.0. The number of nitrogens with zero attached hydrogens (tertiary/aromatic N) is 4. The highest BCUT2D eigenvalue weighted by molar-refractivity contribution is 5.96. The van der Waals surface area contributed by atoms with E-state index in [9.17, 15) is 4.79 Å². The van der Waals surface area contributed by atoms with Gasteiger partial charge in [0.05, 0.1) is 17.4 Å². The summed E-state index contributed by atoms with van der Waals surface area (Å²) in [6.45, 7) is 2.05. The molecule has 2 aromatic heterocycles. The van der Waals surface area contributed by atoms with Gasteiger partial charge >= 0.3 is 0 Å². The number of benzene rings is 3. The zero-order chi connectivity index (χ0) is 22.6. The Morgan fingerprint density at radius 2 is 1.67 bits per heavy atom. The van der Waals surface area contributed by atoms with Crippen LogP contribution in [0, 0.1) is 6.92 Å². The average Bonchev–Trinajstić information content (AvgIpc) is 3.29. The SMILES string of the molecule is Cc1ccc(-c2nn(-c3ccccc3)cc2C=NNC(=O)c2ccc3ccccc3n2)cc1. The van der Waals surface area contributed by atoms with Crippen LogP contribution in [0.2, 0.25) is 0 Å². The zero-order valence-corrected chi connectivity index (χ0v) is 18.0. The molecular formula is C27H21N5O. The molecule has 160 valence electrons. The Kier molecular flexibility index (Phi) is 5.47. The molecule has 0 radical (unpaired) electrons. The molecule has 0 atom stereocenters. The minimum atomic E-state index is -0.371. The molecule has 0 fully saturated rings. The van der Waals surface area contributed by atoms with Crippen LogP contribution in [-0.4, -0.2) is 26.9 Å². The largest absolute Gasteiger partial charge is 0.289 e. The minimum absolute atomic E-state index is 0.310. The lowest BCUT2D eigenvalue weighted by molar-refractivity contribution is 0.0950. The third-order valence-corrected chi connectivity index (χ3v) is 5.29. The normalized spacial score (nSPS) is 11.2. The second-order valence-corrected chi connectivity index (χ2v) is 7.67. The first-order valence-electron chi connectivity index (χ1n) is 10.6. The highest BCUT2D eigenvalue weighted by Gasteiger charge is 2.12. The smallest absolute Gasteiger partial charge is 0.266 e. The summed E-state index contributed by atoms with van der Waals surface area (Å²) in [5, 5.41) is 9.94. The molecule has 0 bridgehead atoms. The van der Waals surface area contributed by atoms with E-state index in [1.54, 1.807) is 12.3 Å². The van der Waals surface area contributed by atoms with Gasteiger partial charge in [-0.25, -0.2) is 15.1 Å². The lowest BCUT2D eigenvalue weighted by Crippen LogP contribution is -2.18. The molecular weight excluding hydrogens is 410 g/mol. The van der Waals surface area contributed by atoms with Crippen LogP contribution in [0.1, 0.15) is 21.6 Å². The van der Waals surface area contributed by atoms with Crippen molar-refractivity contribution in [3.8, 4) is 16.9 Å². The molecule has 0 spiro atoms. The van der Waals surface area contributed by atoms with Gasteiger partial charge in [-0.15, -0.1) is 0 Å². The fourth-order valence-corrected chi connectivity index (χ4v) is 3.54. The van der Waals surface area contributed by atoms with Crippen molar-refractivity contribution in [1.82, 2.24) is 20.2 Å². The summed E-state index contributed by atoms with van der Waals surface area (Å²) in [4.78, 5) is 17.0. The highest BCUT2D eigenvalue weighted by atomic mass is 16.2. The number of hydrazone groups is 1. The van der Waals surface area contributed by atoms with E-state index in [-0.39, 0.29) is 5.91 Å². The number of para-hydroxylation sites is 2. The Morgan fingerprint density at radius 1 is 0.909 bits per heavy atom. The maximum Gasteiger partial charge on any atom is 0.289 e. The molecule has 0 aliphatic carbocycles. The predicted octanol–water partition coefficient (Wildman–Crippen LogP) is 5.16. The third kappa shape index (κ3) is 4.41. The van der Waals surface area contributed by atoms with Gasteiger partial charge in [0.1, 0.15) is 11.4 Å². The van der Waals surface area contributed by atoms with Crippen molar-refractivity contribution in [1.29, 1.82) is 0 Å². The highest BCUT2D eigenvalue weighted by Crippen LogP contribution is 2.23. The Labute approximate surface area is 191 Å². The number of rotatable bonds is 5. The van der Waals surface area contributed by atoms with Gasteiger partial charge in [-0.3, -0.25) is 4.79 Å². The molecule has 0 saturated carbocycles. The quantitative estimate of drug-likeness (QED) is 0.309. The second kappa shape index (κ2) is 8.88. The first kappa shape index (κ1) is 20.3. The van der Waals surface area contributed by atoms with Crippen LogP contribution in [0.15, 0.2) is 102 Å². The van der Waals surface area contributed by atoms with E-state index in [1.807, 2.05) is 103 Å². The van der Waals surface area contributed by atoms with Crippen LogP contribution < -0.4 is 5.43 Å². The molecule has 0 aliphatic heterocycles. The summed E-state index contributed by atoms with van der Waals surface area (Å²) < 4.78 is 1.81. The van der Waals surface area contributed by atoms with Crippen LogP contribution in [0.4, 0.5) is 0 Å². The van der Waals surface area contributed by atoms with Gasteiger partial charge in [0.15, 0.2) is 0 Å². The number of fused-ring (bicyclic) bond motifs is 1. The standard InChI is InChI=1S/C27H21N5O/c1-19-11-13-21(14-12-19)26-22(18-32(31-26)23-8-3-2-4-9-23)17-28-30-27(33)25-16-15-20-7-5-6-10-24(20)29-25/h2-18H,1H3,(H,30,33). The van der Waals surface area contributed by atoms with E-state index in [1.165, 1.54) is 5.56 Å². The molecule has 0 aliphatic rings. The minimum Gasteiger partial charge on any atom is -0.266 e. The number of aromatic nitrogens is 3. The number of aryl methyl sites for hydroxylation is 1. The van der Waals surface area contributed by atoms with Crippen LogP contribution in [0.3, 0.4) is 0 Å². The molecule has 2 heterocycles. The van der Waals surface area contributed by atoms with Gasteiger partial charge < -0.3 is 0 Å². The topological polar surface area (TPSA) is 72.2 Å². The maximum absolute atomic E-state index is 12.6. The molecule has 5 aromatic rings. The number of hydrogen-bond donors (Lipinski definition) is 1. The number of hydrogen-bond acceptors (Lipinski definition) is 4. The molecule has 3 aromatic carbocycles. The van der Waals surface area contributed by atoms with E-state index in [2.05, 4.69) is 15.5 Å². The van der Waals surface area contributed by atoms with E-state index < -0.39 is 0 Å². The summed E-state index contributed by atoms with van der Waals surface area (Å²) in [6.07, 6.45) is 3.51. The van der Waals surface area contributed by atoms with Gasteiger partial charge in [-0.05, 0) is 31.2 Å². The van der Waals surface area contributed by atoms with Crippen molar-refractivity contribution in [3.05, 3.63) is 114 Å². The fraction of sp³-hybridized carbons (Fsp3) is 0.0370. The number of carbonyl (C=O) groups is 1. The lowest BCUT2D eigenvalue weighted by atomic mass is 10.1. The van der Waals surface area contributed by atoms with Gasteiger partial charge in [0.25, 0.3) is 5.91 Å². The summed E-state index contributed by atoms with van der Waals surface area (Å²) in [7, 11) is 0. The average molecular weight is 431 g/mol. The number of pyridine rings is 1. The van der Waals surface area contributed by atoms with Crippen molar-refractivity contribution >= 4 is 23.0 Å². The summed E-state index contributed by atoms with van der Waals surface area (Å²) in [5.41, 5.74) is 8.30. The first-order chi connectivity index (χ1) is 16.2. The Balaban J connectivity index is 1.43. The second-order valence-electron chi connectivity index (χ2n) is 7.67. The fourth-order valence-electron chi connectivity index (χ4n) is 3.54. The Morgan fingerprint density at radius 3 is 2.48 bits per heavy atom. The predicted molar refractivity (Wildman–Crippen MR) is 131 cm³/mol. The summed E-state index contributed by atoms with van der Waals surface area (Å²) >= 11 is 0. The summed E-state index contributed by atoms with van der Waals surface area (Å²) in [6, 6.07) is 29.3. The van der Waals surface area contributed by atoms with E-state index in [0.717, 1.165) is 33.4 Å². The monoisotopic (exact) mass is 431 g/mol. The van der Waals surface area contributed by atoms with Crippen LogP contribution in [-0.2, 0) is 0 Å². The van der Waals surface area contributed by atoms with Crippen LogP contribution in [0.25, 0.3) is 27.8 Å². The third-order valence-electron chi connectivity index (χ3n) is 5.29. The number of amides is 1. The van der Waals surface area contributed by atoms with Crippen molar-refractivity contribution in [2.24, 2.45) is 5.10 Å². The number of carbonyl (C=O) groups excluding carboxylic acids is 1. The Hall–Kier alpha value is -4.58. The van der Waals surface area contributed by atoms with Gasteiger partial charge in [-0.1, -0.05) is 72.3 Å². The van der Waals surface area contributed by atoms with E-state index in [4.69, 9.17) is 5.10 Å². The molecule has 6 nitrogen and oxygen atoms in total. The molecule has 1 amide bonds. The Bertz CT molecular complexity index is 1450. The van der Waals surface area contributed by atoms with Gasteiger partial charge in [0.2, 0.25) is 0 Å². The van der Waals surface area contributed by atoms with Crippen molar-refractivity contribution in [3.63, 3.8) is 0 Å². The lowest BCUT2D eigenvalue weighted by Gasteiger charge is -2.02. The van der Waals surface area contributed by atoms with Crippen molar-refractivity contribution in [2.45, 2.75) is 6.92 Å².